The molecule has 2 aromatic carbocycles. The van der Waals surface area contributed by atoms with Gasteiger partial charge in [-0.25, -0.2) is 0 Å². The summed E-state index contributed by atoms with van der Waals surface area (Å²) in [5, 5.41) is 19.4. The van der Waals surface area contributed by atoms with Gasteiger partial charge in [0.25, 0.3) is 16.8 Å². The maximum absolute atomic E-state index is 12.4. The molecule has 0 atom stereocenters. The maximum atomic E-state index is 12.4. The second kappa shape index (κ2) is 8.59. The number of carbonyl (C=O) groups excluding carboxylic acids is 1. The fourth-order valence-electron chi connectivity index (χ4n) is 2.27. The van der Waals surface area contributed by atoms with Crippen molar-refractivity contribution in [1.82, 2.24) is 10.2 Å². The molecule has 11 heteroatoms. The summed E-state index contributed by atoms with van der Waals surface area (Å²) in [7, 11) is 1.50. The average molecular weight is 440 g/mol. The Morgan fingerprint density at radius 3 is 2.75 bits per heavy atom. The zero-order valence-electron chi connectivity index (χ0n) is 14.2. The molecule has 144 valence electrons. The highest BCUT2D eigenvalue weighted by Crippen LogP contribution is 2.33. The summed E-state index contributed by atoms with van der Waals surface area (Å²) >= 11 is 13.0. The van der Waals surface area contributed by atoms with E-state index in [1.165, 1.54) is 19.2 Å². The van der Waals surface area contributed by atoms with Gasteiger partial charge in [0.05, 0.1) is 28.4 Å². The molecule has 0 spiro atoms. The molecule has 3 rings (SSSR count). The Bertz CT molecular complexity index is 1060. The van der Waals surface area contributed by atoms with Gasteiger partial charge in [-0.1, -0.05) is 35.0 Å². The van der Waals surface area contributed by atoms with E-state index in [4.69, 9.17) is 32.4 Å². The Labute approximate surface area is 173 Å². The van der Waals surface area contributed by atoms with E-state index in [0.29, 0.717) is 16.3 Å². The monoisotopic (exact) mass is 439 g/mol. The lowest BCUT2D eigenvalue weighted by Crippen LogP contribution is -2.04. The lowest BCUT2D eigenvalue weighted by molar-refractivity contribution is -0.384. The number of ketones is 1. The van der Waals surface area contributed by atoms with Gasteiger partial charge in [-0.3, -0.25) is 14.9 Å². The van der Waals surface area contributed by atoms with E-state index in [1.807, 2.05) is 0 Å². The summed E-state index contributed by atoms with van der Waals surface area (Å²) in [4.78, 5) is 22.7. The van der Waals surface area contributed by atoms with Crippen molar-refractivity contribution in [2.75, 3.05) is 12.9 Å². The van der Waals surface area contributed by atoms with Gasteiger partial charge in [0.2, 0.25) is 0 Å². The number of ether oxygens (including phenoxy) is 1. The van der Waals surface area contributed by atoms with Crippen molar-refractivity contribution in [3.05, 3.63) is 62.1 Å². The van der Waals surface area contributed by atoms with Crippen LogP contribution in [0.15, 0.2) is 46.0 Å². The van der Waals surface area contributed by atoms with E-state index in [1.54, 1.807) is 18.2 Å². The molecule has 1 heterocycles. The molecule has 0 aliphatic heterocycles. The number of hydrogen-bond donors (Lipinski definition) is 0. The second-order valence-corrected chi connectivity index (χ2v) is 7.12. The number of nitrogens with zero attached hydrogens (tertiary/aromatic N) is 3. The molecule has 0 aliphatic carbocycles. The van der Waals surface area contributed by atoms with Gasteiger partial charge in [0.1, 0.15) is 5.75 Å². The lowest BCUT2D eigenvalue weighted by atomic mass is 10.1. The normalized spacial score (nSPS) is 10.7. The number of thioether (sulfide) groups is 1. The van der Waals surface area contributed by atoms with Crippen molar-refractivity contribution in [3.8, 4) is 17.2 Å². The Kier molecular flexibility index (Phi) is 6.18. The quantitative estimate of drug-likeness (QED) is 0.220. The van der Waals surface area contributed by atoms with Gasteiger partial charge in [0, 0.05) is 22.7 Å². The number of aromatic nitrogens is 2. The number of non-ortho nitro benzene ring substituents is 1. The van der Waals surface area contributed by atoms with E-state index in [-0.39, 0.29) is 33.1 Å². The molecule has 8 nitrogen and oxygen atoms in total. The molecule has 0 aliphatic rings. The van der Waals surface area contributed by atoms with Crippen LogP contribution in [0.3, 0.4) is 0 Å². The number of nitro benzene ring substituents is 1. The second-order valence-electron chi connectivity index (χ2n) is 5.35. The standard InChI is InChI=1S/C17H11Cl2N3O5S/c1-26-15-5-2-9(18)6-12(15)16-20-21-17(27-16)28-8-14(23)11-7-10(22(24)25)3-4-13(11)19/h2-7H,8H2,1H3. The van der Waals surface area contributed by atoms with Crippen LogP contribution >= 0.6 is 35.0 Å². The number of hydrogen-bond acceptors (Lipinski definition) is 8. The first-order chi connectivity index (χ1) is 13.4. The number of Topliss-reactive ketones (excluding diaryl/α,β-unsaturated/α-hetero) is 1. The van der Waals surface area contributed by atoms with Crippen LogP contribution in [0.4, 0.5) is 5.69 Å². The molecule has 0 N–H and O–H groups in total. The lowest BCUT2D eigenvalue weighted by Gasteiger charge is -2.04. The van der Waals surface area contributed by atoms with Crippen LogP contribution < -0.4 is 4.74 Å². The van der Waals surface area contributed by atoms with Gasteiger partial charge in [-0.05, 0) is 24.3 Å². The number of carbonyl (C=O) groups is 1. The van der Waals surface area contributed by atoms with E-state index in [2.05, 4.69) is 10.2 Å². The van der Waals surface area contributed by atoms with Crippen LogP contribution in [0, 0.1) is 10.1 Å². The highest BCUT2D eigenvalue weighted by Gasteiger charge is 2.19. The highest BCUT2D eigenvalue weighted by atomic mass is 35.5. The zero-order valence-corrected chi connectivity index (χ0v) is 16.5. The summed E-state index contributed by atoms with van der Waals surface area (Å²) in [6, 6.07) is 8.64. The molecule has 0 saturated carbocycles. The van der Waals surface area contributed by atoms with Crippen LogP contribution in [-0.2, 0) is 0 Å². The molecular formula is C17H11Cl2N3O5S. The number of benzene rings is 2. The Morgan fingerprint density at radius 1 is 1.25 bits per heavy atom. The molecule has 0 bridgehead atoms. The Morgan fingerprint density at radius 2 is 2.04 bits per heavy atom. The summed E-state index contributed by atoms with van der Waals surface area (Å²) < 4.78 is 10.8. The third-order valence-electron chi connectivity index (χ3n) is 3.59. The van der Waals surface area contributed by atoms with Gasteiger partial charge < -0.3 is 9.15 Å². The van der Waals surface area contributed by atoms with Gasteiger partial charge in [0.15, 0.2) is 5.78 Å². The minimum atomic E-state index is -0.594. The SMILES string of the molecule is COc1ccc(Cl)cc1-c1nnc(SCC(=O)c2cc([N+](=O)[O-])ccc2Cl)o1. The van der Waals surface area contributed by atoms with Gasteiger partial charge >= 0.3 is 0 Å². The zero-order chi connectivity index (χ0) is 20.3. The summed E-state index contributed by atoms with van der Waals surface area (Å²) in [6.45, 7) is 0. The molecule has 0 radical (unpaired) electrons. The highest BCUT2D eigenvalue weighted by molar-refractivity contribution is 7.99. The summed E-state index contributed by atoms with van der Waals surface area (Å²) in [6.07, 6.45) is 0. The predicted octanol–water partition coefficient (Wildman–Crippen LogP) is 4.94. The number of methoxy groups -OCH3 is 1. The van der Waals surface area contributed by atoms with E-state index >= 15 is 0 Å². The average Bonchev–Trinajstić information content (AvgIpc) is 3.15. The third kappa shape index (κ3) is 4.44. The molecule has 0 amide bonds. The molecule has 0 fully saturated rings. The smallest absolute Gasteiger partial charge is 0.277 e. The van der Waals surface area contributed by atoms with Crippen molar-refractivity contribution < 1.29 is 18.9 Å². The van der Waals surface area contributed by atoms with Gasteiger partial charge in [-0.15, -0.1) is 10.2 Å². The number of nitro groups is 1. The summed E-state index contributed by atoms with van der Waals surface area (Å²) in [5.74, 6) is 0.195. The van der Waals surface area contributed by atoms with Crippen molar-refractivity contribution in [2.45, 2.75) is 5.22 Å². The topological polar surface area (TPSA) is 108 Å². The fourth-order valence-corrected chi connectivity index (χ4v) is 3.31. The van der Waals surface area contributed by atoms with E-state index in [9.17, 15) is 14.9 Å². The maximum Gasteiger partial charge on any atom is 0.277 e. The Hall–Kier alpha value is -2.62. The van der Waals surface area contributed by atoms with Crippen LogP contribution in [0.2, 0.25) is 10.0 Å². The molecule has 1 aromatic heterocycles. The first-order valence-corrected chi connectivity index (χ1v) is 9.40. The van der Waals surface area contributed by atoms with Crippen molar-refractivity contribution in [3.63, 3.8) is 0 Å². The van der Waals surface area contributed by atoms with Crippen LogP contribution in [-0.4, -0.2) is 33.8 Å². The largest absolute Gasteiger partial charge is 0.496 e. The van der Waals surface area contributed by atoms with Crippen molar-refractivity contribution in [2.24, 2.45) is 0 Å². The first kappa shape index (κ1) is 20.1. The van der Waals surface area contributed by atoms with E-state index in [0.717, 1.165) is 17.8 Å². The number of rotatable bonds is 7. The number of halogens is 2. The fraction of sp³-hybridized carbons (Fsp3) is 0.118. The molecule has 28 heavy (non-hydrogen) atoms. The van der Waals surface area contributed by atoms with E-state index < -0.39 is 10.7 Å². The van der Waals surface area contributed by atoms with Crippen molar-refractivity contribution >= 4 is 46.4 Å². The third-order valence-corrected chi connectivity index (χ3v) is 4.97. The minimum absolute atomic E-state index is 0.0552. The molecule has 0 unspecified atom stereocenters. The molecule has 3 aromatic rings. The van der Waals surface area contributed by atoms with Crippen LogP contribution in [0.25, 0.3) is 11.5 Å². The van der Waals surface area contributed by atoms with Gasteiger partial charge in [-0.2, -0.15) is 0 Å². The predicted molar refractivity (Wildman–Crippen MR) is 104 cm³/mol. The molecule has 0 saturated heterocycles. The first-order valence-electron chi connectivity index (χ1n) is 7.66. The minimum Gasteiger partial charge on any atom is -0.496 e. The van der Waals surface area contributed by atoms with Crippen LogP contribution in [0.5, 0.6) is 5.75 Å². The Balaban J connectivity index is 1.75. The van der Waals surface area contributed by atoms with Crippen LogP contribution in [0.1, 0.15) is 10.4 Å². The van der Waals surface area contributed by atoms with Crippen molar-refractivity contribution in [1.29, 1.82) is 0 Å². The summed E-state index contributed by atoms with van der Waals surface area (Å²) in [5.41, 5.74) is 0.355. The molecular weight excluding hydrogens is 429 g/mol.